The summed E-state index contributed by atoms with van der Waals surface area (Å²) >= 11 is 0. The van der Waals surface area contributed by atoms with Gasteiger partial charge in [0.25, 0.3) is 0 Å². The number of nitrogens with zero attached hydrogens (tertiary/aromatic N) is 2. The summed E-state index contributed by atoms with van der Waals surface area (Å²) in [4.78, 5) is 0. The number of benzene rings is 1. The maximum absolute atomic E-state index is 12.4. The van der Waals surface area contributed by atoms with Gasteiger partial charge in [0, 0.05) is 30.9 Å². The number of alkyl halides is 3. The molecule has 0 spiro atoms. The third-order valence-electron chi connectivity index (χ3n) is 2.62. The van der Waals surface area contributed by atoms with Crippen LogP contribution in [-0.2, 0) is 12.7 Å². The Hall–Kier alpha value is -2.18. The van der Waals surface area contributed by atoms with Gasteiger partial charge in [-0.1, -0.05) is 6.07 Å². The smallest absolute Gasteiger partial charge is 0.419 e. The number of aryl methyl sites for hydroxylation is 1. The van der Waals surface area contributed by atoms with Gasteiger partial charge in [-0.3, -0.25) is 4.68 Å². The lowest BCUT2D eigenvalue weighted by Gasteiger charge is -2.07. The number of ether oxygens (including phenoxy) is 1. The Bertz CT molecular complexity index is 566. The molecule has 0 unspecified atom stereocenters. The number of halogens is 3. The Kier molecular flexibility index (Phi) is 4.16. The van der Waals surface area contributed by atoms with Crippen LogP contribution in [0, 0.1) is 0 Å². The Labute approximate surface area is 114 Å². The van der Waals surface area contributed by atoms with E-state index >= 15 is 0 Å². The SMILES string of the molecule is Nc1cccc(OCCCn2cc(C(F)(F)F)cn2)c1. The van der Waals surface area contributed by atoms with Crippen molar-refractivity contribution in [1.82, 2.24) is 9.78 Å². The molecule has 0 amide bonds. The number of nitrogens with two attached hydrogens (primary N) is 1. The quantitative estimate of drug-likeness (QED) is 0.678. The number of rotatable bonds is 5. The van der Waals surface area contributed by atoms with E-state index in [-0.39, 0.29) is 0 Å². The first kappa shape index (κ1) is 14.2. The third-order valence-corrected chi connectivity index (χ3v) is 2.62. The Balaban J connectivity index is 1.77. The predicted molar refractivity (Wildman–Crippen MR) is 68.2 cm³/mol. The summed E-state index contributed by atoms with van der Waals surface area (Å²) in [5.41, 5.74) is 5.46. The average Bonchev–Trinajstić information content (AvgIpc) is 2.83. The van der Waals surface area contributed by atoms with Gasteiger partial charge in [0.1, 0.15) is 5.75 Å². The molecule has 0 saturated carbocycles. The van der Waals surface area contributed by atoms with E-state index in [9.17, 15) is 13.2 Å². The minimum Gasteiger partial charge on any atom is -0.493 e. The maximum atomic E-state index is 12.4. The highest BCUT2D eigenvalue weighted by molar-refractivity contribution is 5.43. The van der Waals surface area contributed by atoms with E-state index in [1.54, 1.807) is 24.3 Å². The van der Waals surface area contributed by atoms with Crippen LogP contribution in [0.1, 0.15) is 12.0 Å². The van der Waals surface area contributed by atoms with Gasteiger partial charge in [0.05, 0.1) is 18.4 Å². The van der Waals surface area contributed by atoms with Crippen LogP contribution in [0.4, 0.5) is 18.9 Å². The summed E-state index contributed by atoms with van der Waals surface area (Å²) in [6.07, 6.45) is -2.00. The Morgan fingerprint density at radius 2 is 2.10 bits per heavy atom. The van der Waals surface area contributed by atoms with Crippen LogP contribution < -0.4 is 10.5 Å². The first-order valence-corrected chi connectivity index (χ1v) is 6.03. The summed E-state index contributed by atoms with van der Waals surface area (Å²) in [7, 11) is 0. The lowest BCUT2D eigenvalue weighted by atomic mass is 10.3. The fourth-order valence-corrected chi connectivity index (χ4v) is 1.65. The van der Waals surface area contributed by atoms with Gasteiger partial charge in [0.15, 0.2) is 0 Å². The Morgan fingerprint density at radius 1 is 1.30 bits per heavy atom. The van der Waals surface area contributed by atoms with Gasteiger partial charge < -0.3 is 10.5 Å². The van der Waals surface area contributed by atoms with Gasteiger partial charge in [-0.15, -0.1) is 0 Å². The highest BCUT2D eigenvalue weighted by Gasteiger charge is 2.32. The van der Waals surface area contributed by atoms with Crippen LogP contribution in [0.3, 0.4) is 0 Å². The topological polar surface area (TPSA) is 53.1 Å². The molecule has 0 aliphatic heterocycles. The zero-order valence-electron chi connectivity index (χ0n) is 10.6. The van der Waals surface area contributed by atoms with Crippen LogP contribution in [0.2, 0.25) is 0 Å². The van der Waals surface area contributed by atoms with Gasteiger partial charge >= 0.3 is 6.18 Å². The molecule has 0 bridgehead atoms. The molecule has 4 nitrogen and oxygen atoms in total. The maximum Gasteiger partial charge on any atom is 0.419 e. The molecule has 0 saturated heterocycles. The van der Waals surface area contributed by atoms with Gasteiger partial charge in [-0.25, -0.2) is 0 Å². The summed E-state index contributed by atoms with van der Waals surface area (Å²) < 4.78 is 43.8. The van der Waals surface area contributed by atoms with Crippen molar-refractivity contribution < 1.29 is 17.9 Å². The van der Waals surface area contributed by atoms with Crippen LogP contribution in [0.5, 0.6) is 5.75 Å². The molecule has 7 heteroatoms. The molecule has 0 aliphatic carbocycles. The van der Waals surface area contributed by atoms with Crippen LogP contribution >= 0.6 is 0 Å². The monoisotopic (exact) mass is 285 g/mol. The van der Waals surface area contributed by atoms with Gasteiger partial charge in [0.2, 0.25) is 0 Å². The first-order chi connectivity index (χ1) is 9.45. The van der Waals surface area contributed by atoms with Crippen LogP contribution in [0.25, 0.3) is 0 Å². The molecule has 0 atom stereocenters. The van der Waals surface area contributed by atoms with Crippen molar-refractivity contribution in [2.45, 2.75) is 19.1 Å². The highest BCUT2D eigenvalue weighted by Crippen LogP contribution is 2.28. The molecular formula is C13H14F3N3O. The van der Waals surface area contributed by atoms with Crippen molar-refractivity contribution in [2.24, 2.45) is 0 Å². The zero-order valence-corrected chi connectivity index (χ0v) is 10.6. The molecular weight excluding hydrogens is 271 g/mol. The second kappa shape index (κ2) is 5.85. The molecule has 0 radical (unpaired) electrons. The Morgan fingerprint density at radius 3 is 2.75 bits per heavy atom. The fourth-order valence-electron chi connectivity index (χ4n) is 1.65. The number of aromatic nitrogens is 2. The van der Waals surface area contributed by atoms with E-state index < -0.39 is 11.7 Å². The minimum atomic E-state index is -4.35. The minimum absolute atomic E-state index is 0.360. The molecule has 0 fully saturated rings. The normalized spacial score (nSPS) is 11.6. The van der Waals surface area contributed by atoms with Crippen molar-refractivity contribution in [2.75, 3.05) is 12.3 Å². The number of nitrogen functional groups attached to an aromatic ring is 1. The zero-order chi connectivity index (χ0) is 14.6. The lowest BCUT2D eigenvalue weighted by molar-refractivity contribution is -0.137. The van der Waals surface area contributed by atoms with Crippen molar-refractivity contribution in [1.29, 1.82) is 0 Å². The van der Waals surface area contributed by atoms with E-state index in [2.05, 4.69) is 5.10 Å². The van der Waals surface area contributed by atoms with E-state index in [0.29, 0.717) is 31.0 Å². The molecule has 1 aromatic carbocycles. The predicted octanol–water partition coefficient (Wildman–Crippen LogP) is 2.95. The van der Waals surface area contributed by atoms with Crippen molar-refractivity contribution >= 4 is 5.69 Å². The number of anilines is 1. The highest BCUT2D eigenvalue weighted by atomic mass is 19.4. The second-order valence-electron chi connectivity index (χ2n) is 4.26. The first-order valence-electron chi connectivity index (χ1n) is 6.03. The molecule has 1 aromatic heterocycles. The van der Waals surface area contributed by atoms with Gasteiger partial charge in [-0.2, -0.15) is 18.3 Å². The third kappa shape index (κ3) is 3.91. The van der Waals surface area contributed by atoms with Crippen molar-refractivity contribution in [3.63, 3.8) is 0 Å². The van der Waals surface area contributed by atoms with Gasteiger partial charge in [-0.05, 0) is 12.1 Å². The largest absolute Gasteiger partial charge is 0.493 e. The molecule has 1 heterocycles. The average molecular weight is 285 g/mol. The number of hydrogen-bond acceptors (Lipinski definition) is 3. The summed E-state index contributed by atoms with van der Waals surface area (Å²) in [5.74, 6) is 0.640. The standard InChI is InChI=1S/C13H14F3N3O/c14-13(15,16)10-8-18-19(9-10)5-2-6-20-12-4-1-3-11(17)7-12/h1,3-4,7-9H,2,5-6,17H2. The summed E-state index contributed by atoms with van der Waals surface area (Å²) in [6.45, 7) is 0.739. The molecule has 0 aliphatic rings. The van der Waals surface area contributed by atoms with Crippen LogP contribution in [-0.4, -0.2) is 16.4 Å². The van der Waals surface area contributed by atoms with Crippen molar-refractivity contribution in [3.05, 3.63) is 42.2 Å². The molecule has 2 rings (SSSR count). The van der Waals surface area contributed by atoms with E-state index in [0.717, 1.165) is 12.4 Å². The van der Waals surface area contributed by atoms with E-state index in [1.807, 2.05) is 0 Å². The molecule has 108 valence electrons. The fraction of sp³-hybridized carbons (Fsp3) is 0.308. The van der Waals surface area contributed by atoms with E-state index in [4.69, 9.17) is 10.5 Å². The van der Waals surface area contributed by atoms with Crippen molar-refractivity contribution in [3.8, 4) is 5.75 Å². The lowest BCUT2D eigenvalue weighted by Crippen LogP contribution is -2.06. The summed E-state index contributed by atoms with van der Waals surface area (Å²) in [6, 6.07) is 6.98. The van der Waals surface area contributed by atoms with E-state index in [1.165, 1.54) is 4.68 Å². The van der Waals surface area contributed by atoms with Crippen LogP contribution in [0.15, 0.2) is 36.7 Å². The molecule has 2 N–H and O–H groups in total. The summed E-state index contributed by atoms with van der Waals surface area (Å²) in [5, 5.41) is 3.66. The number of hydrogen-bond donors (Lipinski definition) is 1. The second-order valence-corrected chi connectivity index (χ2v) is 4.26. The molecule has 2 aromatic rings. The molecule has 20 heavy (non-hydrogen) atoms.